The quantitative estimate of drug-likeness (QED) is 0.321. The number of pyridine rings is 1. The molecule has 2 heterocycles. The summed E-state index contributed by atoms with van der Waals surface area (Å²) in [5.74, 6) is -0.521. The van der Waals surface area contributed by atoms with Gasteiger partial charge in [0.25, 0.3) is 17.4 Å². The average Bonchev–Trinajstić information content (AvgIpc) is 3.31. The molecule has 0 fully saturated rings. The van der Waals surface area contributed by atoms with Gasteiger partial charge in [-0.05, 0) is 42.0 Å². The molecule has 0 spiro atoms. The molecule has 0 radical (unpaired) electrons. The van der Waals surface area contributed by atoms with Crippen LogP contribution in [0.3, 0.4) is 0 Å². The van der Waals surface area contributed by atoms with Crippen LogP contribution in [-0.4, -0.2) is 33.1 Å². The number of carbonyl (C=O) groups is 2. The van der Waals surface area contributed by atoms with E-state index in [4.69, 9.17) is 5.21 Å². The van der Waals surface area contributed by atoms with Gasteiger partial charge in [-0.2, -0.15) is 0 Å². The van der Waals surface area contributed by atoms with E-state index in [1.165, 1.54) is 4.57 Å². The fourth-order valence-corrected chi connectivity index (χ4v) is 4.39. The van der Waals surface area contributed by atoms with E-state index in [9.17, 15) is 14.4 Å². The lowest BCUT2D eigenvalue weighted by Gasteiger charge is -2.25. The molecule has 8 nitrogen and oxygen atoms in total. The summed E-state index contributed by atoms with van der Waals surface area (Å²) in [4.78, 5) is 40.7. The first-order valence-electron chi connectivity index (χ1n) is 11.6. The van der Waals surface area contributed by atoms with E-state index in [1.54, 1.807) is 37.7 Å². The molecule has 1 unspecified atom stereocenters. The molecule has 0 aliphatic heterocycles. The molecular weight excluding hydrogens is 444 g/mol. The smallest absolute Gasteiger partial charge is 0.274 e. The number of carbonyl (C=O) groups excluding carboxylic acids is 2. The largest absolute Gasteiger partial charge is 0.347 e. The second kappa shape index (κ2) is 9.38. The Bertz CT molecular complexity index is 1430. The van der Waals surface area contributed by atoms with Crippen LogP contribution in [0.5, 0.6) is 0 Å². The van der Waals surface area contributed by atoms with Crippen molar-refractivity contribution >= 4 is 22.7 Å². The summed E-state index contributed by atoms with van der Waals surface area (Å²) in [5.41, 5.74) is 5.27. The monoisotopic (exact) mass is 474 g/mol. The minimum atomic E-state index is -0.831. The van der Waals surface area contributed by atoms with E-state index in [2.05, 4.69) is 30.2 Å². The standard InChI is InChI=1S/C27H30N4O4/c1-16(2)18-7-5-6-8-19(18)21-15-31(4)25(33)23-20(21)13-22(29-23)24(32)28-14-17-9-11-27(3,12-10-17)26(34)30-35/h5-11,13,15-16,29,35H,12,14H2,1-4H3,(H,28,32)(H,30,34). The predicted octanol–water partition coefficient (Wildman–Crippen LogP) is 3.78. The lowest BCUT2D eigenvalue weighted by atomic mass is 9.81. The van der Waals surface area contributed by atoms with Crippen molar-refractivity contribution in [2.24, 2.45) is 12.5 Å². The Morgan fingerprint density at radius 1 is 1.23 bits per heavy atom. The number of aryl methyl sites for hydroxylation is 1. The van der Waals surface area contributed by atoms with E-state index < -0.39 is 11.3 Å². The number of hydroxylamine groups is 1. The van der Waals surface area contributed by atoms with Crippen molar-refractivity contribution in [3.63, 3.8) is 0 Å². The molecule has 1 aliphatic carbocycles. The van der Waals surface area contributed by atoms with Crippen LogP contribution < -0.4 is 16.4 Å². The van der Waals surface area contributed by atoms with Crippen LogP contribution in [-0.2, 0) is 11.8 Å². The zero-order chi connectivity index (χ0) is 25.3. The summed E-state index contributed by atoms with van der Waals surface area (Å²) < 4.78 is 1.53. The lowest BCUT2D eigenvalue weighted by molar-refractivity contribution is -0.136. The average molecular weight is 475 g/mol. The van der Waals surface area contributed by atoms with Crippen LogP contribution in [0.4, 0.5) is 0 Å². The summed E-state index contributed by atoms with van der Waals surface area (Å²) in [5, 5.41) is 12.5. The second-order valence-corrected chi connectivity index (χ2v) is 9.53. The van der Waals surface area contributed by atoms with Gasteiger partial charge in [-0.1, -0.05) is 56.3 Å². The Labute approximate surface area is 203 Å². The fraction of sp³-hybridized carbons (Fsp3) is 0.296. The molecule has 1 aromatic carbocycles. The first kappa shape index (κ1) is 24.2. The van der Waals surface area contributed by atoms with Gasteiger partial charge in [0.2, 0.25) is 0 Å². The van der Waals surface area contributed by atoms with Crippen LogP contribution in [0.15, 0.2) is 65.1 Å². The van der Waals surface area contributed by atoms with Gasteiger partial charge < -0.3 is 14.9 Å². The highest BCUT2D eigenvalue weighted by molar-refractivity contribution is 6.03. The van der Waals surface area contributed by atoms with Gasteiger partial charge in [0.1, 0.15) is 11.2 Å². The third-order valence-electron chi connectivity index (χ3n) is 6.61. The van der Waals surface area contributed by atoms with Crippen molar-refractivity contribution in [1.82, 2.24) is 20.3 Å². The van der Waals surface area contributed by atoms with Crippen molar-refractivity contribution in [1.29, 1.82) is 0 Å². The minimum absolute atomic E-state index is 0.204. The number of allylic oxidation sites excluding steroid dienone is 1. The first-order chi connectivity index (χ1) is 16.6. The maximum absolute atomic E-state index is 13.0. The number of aromatic amines is 1. The number of hydrogen-bond donors (Lipinski definition) is 4. The molecule has 8 heteroatoms. The number of nitrogens with one attached hydrogen (secondary N) is 3. The maximum Gasteiger partial charge on any atom is 0.274 e. The molecule has 4 N–H and O–H groups in total. The zero-order valence-corrected chi connectivity index (χ0v) is 20.3. The number of benzene rings is 1. The SMILES string of the molecule is CC(C)c1ccccc1-c1cn(C)c(=O)c2[nH]c(C(=O)NCC3=CCC(C)(C(=O)NO)C=C3)cc12. The number of rotatable bonds is 6. The van der Waals surface area contributed by atoms with E-state index in [0.717, 1.165) is 22.3 Å². The lowest BCUT2D eigenvalue weighted by Crippen LogP contribution is -2.36. The molecule has 1 aliphatic rings. The summed E-state index contributed by atoms with van der Waals surface area (Å²) in [7, 11) is 1.70. The van der Waals surface area contributed by atoms with Crippen molar-refractivity contribution in [3.05, 3.63) is 81.9 Å². The van der Waals surface area contributed by atoms with E-state index in [0.29, 0.717) is 28.9 Å². The van der Waals surface area contributed by atoms with Crippen molar-refractivity contribution in [2.45, 2.75) is 33.1 Å². The fourth-order valence-electron chi connectivity index (χ4n) is 4.39. The molecule has 2 aromatic heterocycles. The third kappa shape index (κ3) is 4.57. The van der Waals surface area contributed by atoms with E-state index >= 15 is 0 Å². The van der Waals surface area contributed by atoms with Crippen molar-refractivity contribution in [2.75, 3.05) is 6.54 Å². The Hall–Kier alpha value is -3.91. The second-order valence-electron chi connectivity index (χ2n) is 9.53. The van der Waals surface area contributed by atoms with Crippen LogP contribution >= 0.6 is 0 Å². The Morgan fingerprint density at radius 3 is 2.63 bits per heavy atom. The van der Waals surface area contributed by atoms with Gasteiger partial charge in [0, 0.05) is 30.7 Å². The van der Waals surface area contributed by atoms with Crippen LogP contribution in [0, 0.1) is 5.41 Å². The van der Waals surface area contributed by atoms with Crippen molar-refractivity contribution in [3.8, 4) is 11.1 Å². The molecule has 3 aromatic rings. The number of nitrogens with zero attached hydrogens (tertiary/aromatic N) is 1. The molecule has 0 bridgehead atoms. The summed E-state index contributed by atoms with van der Waals surface area (Å²) in [6.45, 7) is 6.24. The van der Waals surface area contributed by atoms with Gasteiger partial charge in [-0.3, -0.25) is 19.6 Å². The Morgan fingerprint density at radius 2 is 1.97 bits per heavy atom. The highest BCUT2D eigenvalue weighted by atomic mass is 16.5. The number of hydrogen-bond acceptors (Lipinski definition) is 4. The van der Waals surface area contributed by atoms with E-state index in [-0.39, 0.29) is 18.0 Å². The first-order valence-corrected chi connectivity index (χ1v) is 11.6. The topological polar surface area (TPSA) is 116 Å². The number of aromatic nitrogens is 2. The zero-order valence-electron chi connectivity index (χ0n) is 20.3. The predicted molar refractivity (Wildman–Crippen MR) is 135 cm³/mol. The highest BCUT2D eigenvalue weighted by Crippen LogP contribution is 2.33. The number of fused-ring (bicyclic) bond motifs is 1. The van der Waals surface area contributed by atoms with Crippen LogP contribution in [0.2, 0.25) is 0 Å². The normalized spacial score (nSPS) is 17.5. The molecule has 4 rings (SSSR count). The van der Waals surface area contributed by atoms with E-state index in [1.807, 2.05) is 30.5 Å². The summed E-state index contributed by atoms with van der Waals surface area (Å²) in [6, 6.07) is 9.82. The van der Waals surface area contributed by atoms with Gasteiger partial charge in [0.15, 0.2) is 0 Å². The molecule has 35 heavy (non-hydrogen) atoms. The highest BCUT2D eigenvalue weighted by Gasteiger charge is 2.31. The van der Waals surface area contributed by atoms with Gasteiger partial charge >= 0.3 is 0 Å². The van der Waals surface area contributed by atoms with Gasteiger partial charge in [-0.25, -0.2) is 5.48 Å². The third-order valence-corrected chi connectivity index (χ3v) is 6.61. The number of H-pyrrole nitrogens is 1. The minimum Gasteiger partial charge on any atom is -0.347 e. The maximum atomic E-state index is 13.0. The van der Waals surface area contributed by atoms with Gasteiger partial charge in [-0.15, -0.1) is 0 Å². The summed E-state index contributed by atoms with van der Waals surface area (Å²) in [6.07, 6.45) is 7.56. The van der Waals surface area contributed by atoms with Gasteiger partial charge in [0.05, 0.1) is 5.41 Å². The van der Waals surface area contributed by atoms with Crippen LogP contribution in [0.25, 0.3) is 22.0 Å². The molecule has 1 atom stereocenters. The van der Waals surface area contributed by atoms with Crippen LogP contribution in [0.1, 0.15) is 49.2 Å². The molecule has 0 saturated carbocycles. The Kier molecular flexibility index (Phi) is 6.49. The molecular formula is C27H30N4O4. The number of amides is 2. The molecule has 0 saturated heterocycles. The Balaban J connectivity index is 1.61. The summed E-state index contributed by atoms with van der Waals surface area (Å²) >= 11 is 0. The molecule has 2 amide bonds. The molecule has 182 valence electrons. The van der Waals surface area contributed by atoms with Crippen molar-refractivity contribution < 1.29 is 14.8 Å².